The molecule has 1 N–H and O–H groups in total. The van der Waals surface area contributed by atoms with Gasteiger partial charge in [-0.2, -0.15) is 0 Å². The lowest BCUT2D eigenvalue weighted by Gasteiger charge is -2.26. The molecule has 0 radical (unpaired) electrons. The van der Waals surface area contributed by atoms with Crippen LogP contribution in [0.1, 0.15) is 44.2 Å². The van der Waals surface area contributed by atoms with Crippen molar-refractivity contribution in [2.45, 2.75) is 52.7 Å². The van der Waals surface area contributed by atoms with Gasteiger partial charge in [0, 0.05) is 30.7 Å². The van der Waals surface area contributed by atoms with E-state index in [9.17, 15) is 9.59 Å². The number of benzene rings is 1. The highest BCUT2D eigenvalue weighted by Crippen LogP contribution is 2.18. The fraction of sp³-hybridized carbons (Fsp3) is 0.524. The fourth-order valence-electron chi connectivity index (χ4n) is 3.46. The first-order valence-electron chi connectivity index (χ1n) is 9.44. The van der Waals surface area contributed by atoms with E-state index in [2.05, 4.69) is 11.1 Å². The lowest BCUT2D eigenvalue weighted by atomic mass is 10.1. The summed E-state index contributed by atoms with van der Waals surface area (Å²) in [4.78, 5) is 30.0. The maximum absolute atomic E-state index is 12.7. The zero-order chi connectivity index (χ0) is 18.7. The molecular formula is C21H28N2O3. The minimum absolute atomic E-state index is 0.0768. The maximum Gasteiger partial charge on any atom is 0.253 e. The Hall–Kier alpha value is -2.14. The molecule has 3 rings (SSSR count). The Bertz CT molecular complexity index is 835. The van der Waals surface area contributed by atoms with E-state index in [0.717, 1.165) is 35.9 Å². The summed E-state index contributed by atoms with van der Waals surface area (Å²) in [7, 11) is 0. The number of amides is 1. The zero-order valence-electron chi connectivity index (χ0n) is 15.9. The van der Waals surface area contributed by atoms with Crippen molar-refractivity contribution >= 4 is 16.8 Å². The topological polar surface area (TPSA) is 62.4 Å². The summed E-state index contributed by atoms with van der Waals surface area (Å²) in [6, 6.07) is 7.86. The summed E-state index contributed by atoms with van der Waals surface area (Å²) in [6.07, 6.45) is 2.57. The number of nitrogens with one attached hydrogen (secondary N) is 1. The van der Waals surface area contributed by atoms with Crippen LogP contribution in [0.5, 0.6) is 0 Å². The molecule has 1 unspecified atom stereocenters. The fourth-order valence-corrected chi connectivity index (χ4v) is 3.46. The van der Waals surface area contributed by atoms with E-state index in [1.165, 1.54) is 0 Å². The van der Waals surface area contributed by atoms with Crippen molar-refractivity contribution in [3.63, 3.8) is 0 Å². The molecule has 1 saturated heterocycles. The second kappa shape index (κ2) is 8.04. The average molecular weight is 356 g/mol. The molecule has 5 heteroatoms. The molecule has 2 heterocycles. The highest BCUT2D eigenvalue weighted by atomic mass is 16.5. The van der Waals surface area contributed by atoms with Gasteiger partial charge in [0.2, 0.25) is 5.91 Å². The van der Waals surface area contributed by atoms with Gasteiger partial charge < -0.3 is 14.6 Å². The molecule has 5 nitrogen and oxygen atoms in total. The van der Waals surface area contributed by atoms with Crippen LogP contribution in [0.2, 0.25) is 0 Å². The number of carbonyl (C=O) groups excluding carboxylic acids is 1. The van der Waals surface area contributed by atoms with E-state index in [4.69, 9.17) is 4.74 Å². The number of rotatable bonds is 6. The lowest BCUT2D eigenvalue weighted by molar-refractivity contribution is -0.134. The number of ether oxygens (including phenoxy) is 1. The highest BCUT2D eigenvalue weighted by molar-refractivity contribution is 5.80. The average Bonchev–Trinajstić information content (AvgIpc) is 3.07. The van der Waals surface area contributed by atoms with E-state index in [1.54, 1.807) is 4.90 Å². The van der Waals surface area contributed by atoms with Gasteiger partial charge in [0.05, 0.1) is 12.6 Å². The summed E-state index contributed by atoms with van der Waals surface area (Å²) >= 11 is 0. The van der Waals surface area contributed by atoms with Gasteiger partial charge in [0.1, 0.15) is 0 Å². The Labute approximate surface area is 154 Å². The number of hydrogen-bond donors (Lipinski definition) is 1. The third kappa shape index (κ3) is 4.52. The van der Waals surface area contributed by atoms with Gasteiger partial charge in [-0.1, -0.05) is 25.5 Å². The smallest absolute Gasteiger partial charge is 0.253 e. The highest BCUT2D eigenvalue weighted by Gasteiger charge is 2.24. The van der Waals surface area contributed by atoms with E-state index < -0.39 is 0 Å². The first-order chi connectivity index (χ1) is 12.4. The number of aromatic amines is 1. The molecule has 0 saturated carbocycles. The monoisotopic (exact) mass is 356 g/mol. The van der Waals surface area contributed by atoms with Crippen LogP contribution in [-0.2, 0) is 16.1 Å². The summed E-state index contributed by atoms with van der Waals surface area (Å²) in [5.74, 6) is 0.367. The number of pyridine rings is 1. The SMILES string of the molecule is Cc1ccc2[nH]c(=O)c(CN(CC3CCCO3)C(=O)CC(C)C)cc2c1. The normalized spacial score (nSPS) is 17.2. The van der Waals surface area contributed by atoms with Crippen molar-refractivity contribution in [3.05, 3.63) is 45.7 Å². The third-order valence-electron chi connectivity index (χ3n) is 4.82. The second-order valence-electron chi connectivity index (χ2n) is 7.72. The van der Waals surface area contributed by atoms with Crippen LogP contribution < -0.4 is 5.56 Å². The molecule has 1 aromatic heterocycles. The molecule has 2 aromatic rings. The van der Waals surface area contributed by atoms with E-state index in [-0.39, 0.29) is 23.5 Å². The Kier molecular flexibility index (Phi) is 5.77. The second-order valence-corrected chi connectivity index (χ2v) is 7.72. The predicted molar refractivity (Wildman–Crippen MR) is 103 cm³/mol. The number of aromatic nitrogens is 1. The van der Waals surface area contributed by atoms with Crippen molar-refractivity contribution in [1.82, 2.24) is 9.88 Å². The van der Waals surface area contributed by atoms with E-state index in [1.807, 2.05) is 39.0 Å². The summed E-state index contributed by atoms with van der Waals surface area (Å²) in [5.41, 5.74) is 2.46. The summed E-state index contributed by atoms with van der Waals surface area (Å²) in [6.45, 7) is 7.73. The van der Waals surface area contributed by atoms with Gasteiger partial charge in [0.15, 0.2) is 0 Å². The van der Waals surface area contributed by atoms with Crippen LogP contribution in [0.4, 0.5) is 0 Å². The molecule has 0 spiro atoms. The Morgan fingerprint density at radius 3 is 2.85 bits per heavy atom. The Balaban J connectivity index is 1.86. The van der Waals surface area contributed by atoms with Crippen LogP contribution in [0, 0.1) is 12.8 Å². The van der Waals surface area contributed by atoms with E-state index >= 15 is 0 Å². The number of carbonyl (C=O) groups is 1. The first-order valence-corrected chi connectivity index (χ1v) is 9.44. The minimum Gasteiger partial charge on any atom is -0.376 e. The molecule has 0 aliphatic carbocycles. The van der Waals surface area contributed by atoms with Gasteiger partial charge in [0.25, 0.3) is 5.56 Å². The van der Waals surface area contributed by atoms with Crippen molar-refractivity contribution in [2.75, 3.05) is 13.2 Å². The van der Waals surface area contributed by atoms with Crippen LogP contribution in [0.25, 0.3) is 10.9 Å². The standard InChI is InChI=1S/C21H28N2O3/c1-14(2)9-20(24)23(13-18-5-4-8-26-18)12-17-11-16-10-15(3)6-7-19(16)22-21(17)25/h6-7,10-11,14,18H,4-5,8-9,12-13H2,1-3H3,(H,22,25). The molecule has 140 valence electrons. The summed E-state index contributed by atoms with van der Waals surface area (Å²) in [5, 5.41) is 0.993. The molecule has 1 aliphatic heterocycles. The van der Waals surface area contributed by atoms with Gasteiger partial charge in [-0.3, -0.25) is 9.59 Å². The lowest BCUT2D eigenvalue weighted by Crippen LogP contribution is -2.38. The molecule has 1 aliphatic rings. The van der Waals surface area contributed by atoms with Crippen LogP contribution >= 0.6 is 0 Å². The number of fused-ring (bicyclic) bond motifs is 1. The molecule has 0 bridgehead atoms. The Morgan fingerprint density at radius 1 is 1.35 bits per heavy atom. The predicted octanol–water partition coefficient (Wildman–Crippen LogP) is 3.39. The van der Waals surface area contributed by atoms with Crippen molar-refractivity contribution in [2.24, 2.45) is 5.92 Å². The molecule has 1 amide bonds. The van der Waals surface area contributed by atoms with Crippen molar-refractivity contribution in [3.8, 4) is 0 Å². The van der Waals surface area contributed by atoms with Gasteiger partial charge >= 0.3 is 0 Å². The zero-order valence-corrected chi connectivity index (χ0v) is 15.9. The number of H-pyrrole nitrogens is 1. The minimum atomic E-state index is -0.129. The van der Waals surface area contributed by atoms with Gasteiger partial charge in [-0.15, -0.1) is 0 Å². The first kappa shape index (κ1) is 18.6. The maximum atomic E-state index is 12.7. The quantitative estimate of drug-likeness (QED) is 0.863. The van der Waals surface area contributed by atoms with Gasteiger partial charge in [-0.05, 0) is 49.3 Å². The molecule has 1 atom stereocenters. The molecule has 26 heavy (non-hydrogen) atoms. The van der Waals surface area contributed by atoms with Crippen LogP contribution in [-0.4, -0.2) is 35.0 Å². The molecule has 1 aromatic carbocycles. The molecular weight excluding hydrogens is 328 g/mol. The van der Waals surface area contributed by atoms with Gasteiger partial charge in [-0.25, -0.2) is 0 Å². The Morgan fingerprint density at radius 2 is 2.15 bits per heavy atom. The van der Waals surface area contributed by atoms with Crippen molar-refractivity contribution in [1.29, 1.82) is 0 Å². The number of hydrogen-bond acceptors (Lipinski definition) is 3. The van der Waals surface area contributed by atoms with Crippen molar-refractivity contribution < 1.29 is 9.53 Å². The number of nitrogens with zero attached hydrogens (tertiary/aromatic N) is 1. The third-order valence-corrected chi connectivity index (χ3v) is 4.82. The largest absolute Gasteiger partial charge is 0.376 e. The summed E-state index contributed by atoms with van der Waals surface area (Å²) < 4.78 is 5.71. The van der Waals surface area contributed by atoms with Crippen LogP contribution in [0.15, 0.2) is 29.1 Å². The van der Waals surface area contributed by atoms with E-state index in [0.29, 0.717) is 25.1 Å². The number of aryl methyl sites for hydroxylation is 1. The van der Waals surface area contributed by atoms with Crippen LogP contribution in [0.3, 0.4) is 0 Å². The molecule has 1 fully saturated rings.